The van der Waals surface area contributed by atoms with E-state index in [1.165, 1.54) is 0 Å². The van der Waals surface area contributed by atoms with Crippen LogP contribution < -0.4 is 10.6 Å². The molecule has 0 heterocycles. The second-order valence-electron chi connectivity index (χ2n) is 4.55. The van der Waals surface area contributed by atoms with Crippen molar-refractivity contribution in [3.8, 4) is 0 Å². The van der Waals surface area contributed by atoms with Gasteiger partial charge in [-0.1, -0.05) is 19.1 Å². The number of rotatable bonds is 4. The summed E-state index contributed by atoms with van der Waals surface area (Å²) in [6, 6.07) is 0.110. The van der Waals surface area contributed by atoms with Gasteiger partial charge in [-0.2, -0.15) is 0 Å². The van der Waals surface area contributed by atoms with Crippen molar-refractivity contribution in [2.24, 2.45) is 5.92 Å². The number of carbonyl (C=O) groups is 1. The van der Waals surface area contributed by atoms with Gasteiger partial charge in [0.25, 0.3) is 0 Å². The first-order chi connectivity index (χ1) is 7.63. The number of hydrogen-bond acceptors (Lipinski definition) is 2. The fourth-order valence-corrected chi connectivity index (χ4v) is 1.66. The summed E-state index contributed by atoms with van der Waals surface area (Å²) in [5.41, 5.74) is 0. The van der Waals surface area contributed by atoms with E-state index in [0.717, 1.165) is 19.3 Å². The number of hydrogen-bond donors (Lipinski definition) is 3. The minimum Gasteiger partial charge on any atom is -0.396 e. The maximum absolute atomic E-state index is 11.6. The number of aliphatic hydroxyl groups is 1. The molecule has 16 heavy (non-hydrogen) atoms. The van der Waals surface area contributed by atoms with Crippen LogP contribution in [-0.4, -0.2) is 29.8 Å². The van der Waals surface area contributed by atoms with Crippen LogP contribution in [0, 0.1) is 5.92 Å². The van der Waals surface area contributed by atoms with E-state index in [9.17, 15) is 4.79 Å². The van der Waals surface area contributed by atoms with E-state index in [4.69, 9.17) is 5.11 Å². The molecule has 4 nitrogen and oxygen atoms in total. The molecule has 0 bridgehead atoms. The van der Waals surface area contributed by atoms with Crippen LogP contribution in [0.25, 0.3) is 0 Å². The van der Waals surface area contributed by atoms with E-state index in [1.54, 1.807) is 0 Å². The summed E-state index contributed by atoms with van der Waals surface area (Å²) in [6.45, 7) is 3.91. The van der Waals surface area contributed by atoms with Crippen LogP contribution in [0.4, 0.5) is 4.79 Å². The van der Waals surface area contributed by atoms with Gasteiger partial charge in [-0.25, -0.2) is 4.79 Å². The molecule has 0 spiro atoms. The summed E-state index contributed by atoms with van der Waals surface area (Å²) in [6.07, 6.45) is 7.21. The van der Waals surface area contributed by atoms with Crippen molar-refractivity contribution in [1.29, 1.82) is 0 Å². The molecule has 92 valence electrons. The molecule has 0 saturated carbocycles. The van der Waals surface area contributed by atoms with Crippen molar-refractivity contribution in [2.45, 2.75) is 45.2 Å². The van der Waals surface area contributed by atoms with Crippen LogP contribution in [0.15, 0.2) is 12.2 Å². The Balaban J connectivity index is 2.27. The highest BCUT2D eigenvalue weighted by Crippen LogP contribution is 2.10. The van der Waals surface area contributed by atoms with Crippen LogP contribution in [0.2, 0.25) is 0 Å². The maximum atomic E-state index is 11.6. The summed E-state index contributed by atoms with van der Waals surface area (Å²) in [4.78, 5) is 11.6. The Morgan fingerprint density at radius 2 is 2.25 bits per heavy atom. The van der Waals surface area contributed by atoms with Gasteiger partial charge >= 0.3 is 6.03 Å². The molecule has 1 aliphatic carbocycles. The van der Waals surface area contributed by atoms with Crippen LogP contribution in [0.5, 0.6) is 0 Å². The lowest BCUT2D eigenvalue weighted by Gasteiger charge is -2.23. The second-order valence-corrected chi connectivity index (χ2v) is 4.55. The predicted octanol–water partition coefficient (Wildman–Crippen LogP) is 1.41. The van der Waals surface area contributed by atoms with Gasteiger partial charge < -0.3 is 15.7 Å². The topological polar surface area (TPSA) is 61.4 Å². The van der Waals surface area contributed by atoms with E-state index in [2.05, 4.69) is 22.8 Å². The molecule has 1 rings (SSSR count). The lowest BCUT2D eigenvalue weighted by molar-refractivity contribution is 0.198. The number of amides is 2. The molecule has 3 unspecified atom stereocenters. The van der Waals surface area contributed by atoms with Crippen molar-refractivity contribution in [1.82, 2.24) is 10.6 Å². The zero-order valence-corrected chi connectivity index (χ0v) is 10.1. The minimum atomic E-state index is -0.131. The van der Waals surface area contributed by atoms with Crippen LogP contribution in [-0.2, 0) is 0 Å². The lowest BCUT2D eigenvalue weighted by atomic mass is 10.0. The van der Waals surface area contributed by atoms with Crippen LogP contribution in [0.1, 0.15) is 33.1 Å². The standard InChI is InChI=1S/C12H22N2O2/c1-9(8-15)10(2)13-12(16)14-11-6-4-3-5-7-11/h3-4,9-11,15H,5-8H2,1-2H3,(H2,13,14,16). The van der Waals surface area contributed by atoms with Gasteiger partial charge in [-0.15, -0.1) is 0 Å². The Morgan fingerprint density at radius 3 is 2.81 bits per heavy atom. The van der Waals surface area contributed by atoms with Gasteiger partial charge in [0.15, 0.2) is 0 Å². The zero-order valence-electron chi connectivity index (χ0n) is 10.1. The van der Waals surface area contributed by atoms with Gasteiger partial charge in [0, 0.05) is 18.7 Å². The molecular weight excluding hydrogens is 204 g/mol. The molecule has 0 saturated heterocycles. The predicted molar refractivity (Wildman–Crippen MR) is 64.2 cm³/mol. The van der Waals surface area contributed by atoms with Gasteiger partial charge in [0.1, 0.15) is 0 Å². The molecule has 0 aliphatic heterocycles. The van der Waals surface area contributed by atoms with Crippen molar-refractivity contribution in [3.63, 3.8) is 0 Å². The SMILES string of the molecule is CC(CO)C(C)NC(=O)NC1CC=CCC1. The molecule has 1 aliphatic rings. The fourth-order valence-electron chi connectivity index (χ4n) is 1.66. The maximum Gasteiger partial charge on any atom is 0.315 e. The lowest BCUT2D eigenvalue weighted by Crippen LogP contribution is -2.47. The van der Waals surface area contributed by atoms with E-state index in [0.29, 0.717) is 0 Å². The number of urea groups is 1. The van der Waals surface area contributed by atoms with E-state index < -0.39 is 0 Å². The Bertz CT molecular complexity index is 253. The molecule has 0 aromatic carbocycles. The summed E-state index contributed by atoms with van der Waals surface area (Å²) in [7, 11) is 0. The number of aliphatic hydroxyl groups excluding tert-OH is 1. The first kappa shape index (κ1) is 13.0. The van der Waals surface area contributed by atoms with Crippen molar-refractivity contribution >= 4 is 6.03 Å². The molecule has 0 aromatic heterocycles. The molecular formula is C12H22N2O2. The normalized spacial score (nSPS) is 23.6. The first-order valence-corrected chi connectivity index (χ1v) is 5.96. The zero-order chi connectivity index (χ0) is 12.0. The average Bonchev–Trinajstić information content (AvgIpc) is 2.29. The summed E-state index contributed by atoms with van der Waals surface area (Å²) < 4.78 is 0. The third kappa shape index (κ3) is 4.23. The van der Waals surface area contributed by atoms with E-state index >= 15 is 0 Å². The van der Waals surface area contributed by atoms with Crippen molar-refractivity contribution < 1.29 is 9.90 Å². The molecule has 0 fully saturated rings. The summed E-state index contributed by atoms with van der Waals surface area (Å²) >= 11 is 0. The Labute approximate surface area is 97.1 Å². The first-order valence-electron chi connectivity index (χ1n) is 5.96. The minimum absolute atomic E-state index is 0.0101. The van der Waals surface area contributed by atoms with Gasteiger partial charge in [0.05, 0.1) is 0 Å². The highest BCUT2D eigenvalue weighted by Gasteiger charge is 2.16. The smallest absolute Gasteiger partial charge is 0.315 e. The Kier molecular flexibility index (Phi) is 5.32. The highest BCUT2D eigenvalue weighted by molar-refractivity contribution is 5.74. The third-order valence-corrected chi connectivity index (χ3v) is 3.10. The fraction of sp³-hybridized carbons (Fsp3) is 0.750. The largest absolute Gasteiger partial charge is 0.396 e. The Morgan fingerprint density at radius 1 is 1.50 bits per heavy atom. The summed E-state index contributed by atoms with van der Waals surface area (Å²) in [5.74, 6) is 0.0806. The third-order valence-electron chi connectivity index (χ3n) is 3.10. The quantitative estimate of drug-likeness (QED) is 0.635. The van der Waals surface area contributed by atoms with Crippen molar-refractivity contribution in [3.05, 3.63) is 12.2 Å². The van der Waals surface area contributed by atoms with Crippen molar-refractivity contribution in [2.75, 3.05) is 6.61 Å². The number of nitrogens with one attached hydrogen (secondary N) is 2. The molecule has 3 N–H and O–H groups in total. The average molecular weight is 226 g/mol. The van der Waals surface area contributed by atoms with E-state index in [1.807, 2.05) is 13.8 Å². The monoisotopic (exact) mass is 226 g/mol. The van der Waals surface area contributed by atoms with Gasteiger partial charge in [0.2, 0.25) is 0 Å². The van der Waals surface area contributed by atoms with Crippen LogP contribution >= 0.6 is 0 Å². The molecule has 2 amide bonds. The van der Waals surface area contributed by atoms with Gasteiger partial charge in [-0.05, 0) is 32.1 Å². The molecule has 0 radical (unpaired) electrons. The van der Waals surface area contributed by atoms with Gasteiger partial charge in [-0.3, -0.25) is 0 Å². The van der Waals surface area contributed by atoms with Crippen LogP contribution in [0.3, 0.4) is 0 Å². The number of carbonyl (C=O) groups excluding carboxylic acids is 1. The molecule has 4 heteroatoms. The van der Waals surface area contributed by atoms with E-state index in [-0.39, 0.29) is 30.6 Å². The Hall–Kier alpha value is -1.03. The second kappa shape index (κ2) is 6.53. The number of allylic oxidation sites excluding steroid dienone is 1. The summed E-state index contributed by atoms with van der Waals surface area (Å²) in [5, 5.41) is 14.7. The molecule has 0 aromatic rings. The molecule has 3 atom stereocenters. The highest BCUT2D eigenvalue weighted by atomic mass is 16.3.